The maximum atomic E-state index is 13.3. The van der Waals surface area contributed by atoms with E-state index in [2.05, 4.69) is 37.2 Å². The van der Waals surface area contributed by atoms with E-state index in [0.717, 1.165) is 36.7 Å². The van der Waals surface area contributed by atoms with Crippen molar-refractivity contribution in [2.24, 2.45) is 5.73 Å². The van der Waals surface area contributed by atoms with Crippen LogP contribution in [0.25, 0.3) is 0 Å². The van der Waals surface area contributed by atoms with E-state index in [-0.39, 0.29) is 36.6 Å². The van der Waals surface area contributed by atoms with Crippen LogP contribution in [0.2, 0.25) is 0 Å². The molecule has 4 heterocycles. The van der Waals surface area contributed by atoms with Crippen LogP contribution in [0, 0.1) is 23.3 Å². The molecule has 0 saturated carbocycles. The third-order valence-electron chi connectivity index (χ3n) is 7.05. The van der Waals surface area contributed by atoms with Crippen LogP contribution in [0.5, 0.6) is 0 Å². The van der Waals surface area contributed by atoms with E-state index in [1.54, 1.807) is 17.4 Å². The van der Waals surface area contributed by atoms with Crippen LogP contribution in [0.15, 0.2) is 114 Å². The molecule has 0 bridgehead atoms. The van der Waals surface area contributed by atoms with E-state index in [0.29, 0.717) is 24.2 Å². The summed E-state index contributed by atoms with van der Waals surface area (Å²) in [6, 6.07) is 20.3. The number of rotatable bonds is 9. The van der Waals surface area contributed by atoms with Crippen molar-refractivity contribution in [2.45, 2.75) is 26.2 Å². The second-order valence-corrected chi connectivity index (χ2v) is 16.2. The molecule has 0 aliphatic rings. The van der Waals surface area contributed by atoms with Gasteiger partial charge >= 0.3 is 0 Å². The lowest BCUT2D eigenvalue weighted by Gasteiger charge is -2.09. The van der Waals surface area contributed by atoms with E-state index >= 15 is 0 Å². The Bertz CT molecular complexity index is 2350. The maximum absolute atomic E-state index is 13.3. The van der Waals surface area contributed by atoms with Crippen molar-refractivity contribution in [3.8, 4) is 0 Å². The first-order chi connectivity index (χ1) is 25.2. The van der Waals surface area contributed by atoms with Gasteiger partial charge < -0.3 is 20.2 Å². The monoisotopic (exact) mass is 948 g/mol. The molecule has 8 nitrogen and oxygen atoms in total. The first kappa shape index (κ1) is 44.5. The molecule has 0 aliphatic carbocycles. The van der Waals surface area contributed by atoms with Crippen molar-refractivity contribution in [1.29, 1.82) is 0 Å². The molecule has 6 aromatic rings. The molecule has 2 aromatic carbocycles. The molecule has 0 aliphatic heterocycles. The molecule has 6 rings (SSSR count). The molecule has 0 atom stereocenters. The molecular formula is C36H28Br2Cl2F4N4O4S2. The topological polar surface area (TPSA) is 116 Å². The number of pyridine rings is 2. The standard InChI is InChI=1S/C18H13BrF2N2O2S.C13H8ClF2NO2.C5H6BrNS.ClH/c19-16-6-4-12(26-16)9-22-17(24)13-2-1-7-23(18(13)25)10-11-3-5-14(20)15(21)8-11;14-12(18)9-2-1-5-17(13(9)19)7-8-3-4-10(15)11(16)6-8;6-5-2-1-4(3-7)8-5;/h1-8H,9-10H2,(H,22,24);1-6H,7H2;1-2H,3,7H2;1H. The number of nitrogens with one attached hydrogen (secondary N) is 1. The summed E-state index contributed by atoms with van der Waals surface area (Å²) < 4.78 is 56.8. The highest BCUT2D eigenvalue weighted by molar-refractivity contribution is 9.11. The average Bonchev–Trinajstić information content (AvgIpc) is 3.76. The van der Waals surface area contributed by atoms with Crippen LogP contribution < -0.4 is 22.2 Å². The smallest absolute Gasteiger partial charge is 0.263 e. The zero-order chi connectivity index (χ0) is 38.7. The zero-order valence-electron chi connectivity index (χ0n) is 27.5. The Hall–Kier alpha value is -3.90. The first-order valence-electron chi connectivity index (χ1n) is 15.2. The van der Waals surface area contributed by atoms with Gasteiger partial charge in [-0.25, -0.2) is 17.6 Å². The van der Waals surface area contributed by atoms with Crippen LogP contribution in [0.4, 0.5) is 17.6 Å². The van der Waals surface area contributed by atoms with Crippen molar-refractivity contribution in [3.05, 3.63) is 181 Å². The molecule has 0 saturated heterocycles. The highest BCUT2D eigenvalue weighted by Gasteiger charge is 2.14. The minimum Gasteiger partial charge on any atom is -0.347 e. The van der Waals surface area contributed by atoms with E-state index < -0.39 is 45.5 Å². The number of nitrogens with two attached hydrogens (primary N) is 1. The Morgan fingerprint density at radius 3 is 1.56 bits per heavy atom. The molecule has 0 unspecified atom stereocenters. The number of aromatic nitrogens is 2. The van der Waals surface area contributed by atoms with E-state index in [9.17, 15) is 36.7 Å². The number of hydrogen-bond donors (Lipinski definition) is 2. The minimum absolute atomic E-state index is 0. The Labute approximate surface area is 341 Å². The largest absolute Gasteiger partial charge is 0.347 e. The van der Waals surface area contributed by atoms with Crippen molar-refractivity contribution >= 4 is 89.7 Å². The van der Waals surface area contributed by atoms with Gasteiger partial charge in [0.25, 0.3) is 22.3 Å². The van der Waals surface area contributed by atoms with Gasteiger partial charge in [-0.1, -0.05) is 12.1 Å². The van der Waals surface area contributed by atoms with E-state index in [4.69, 9.17) is 17.3 Å². The van der Waals surface area contributed by atoms with Gasteiger partial charge in [0.05, 0.1) is 32.8 Å². The molecular weight excluding hydrogens is 923 g/mol. The van der Waals surface area contributed by atoms with E-state index in [1.165, 1.54) is 68.1 Å². The van der Waals surface area contributed by atoms with Crippen molar-refractivity contribution in [3.63, 3.8) is 0 Å². The molecule has 284 valence electrons. The first-order valence-corrected chi connectivity index (χ1v) is 18.8. The molecule has 0 spiro atoms. The lowest BCUT2D eigenvalue weighted by atomic mass is 10.2. The summed E-state index contributed by atoms with van der Waals surface area (Å²) in [5.74, 6) is -4.36. The summed E-state index contributed by atoms with van der Waals surface area (Å²) in [6.45, 7) is 1.02. The number of carbonyl (C=O) groups excluding carboxylic acids is 2. The van der Waals surface area contributed by atoms with Gasteiger partial charge in [0.1, 0.15) is 5.56 Å². The Morgan fingerprint density at radius 2 is 1.15 bits per heavy atom. The molecule has 0 radical (unpaired) electrons. The quantitative estimate of drug-likeness (QED) is 0.111. The summed E-state index contributed by atoms with van der Waals surface area (Å²) in [7, 11) is 0. The van der Waals surface area contributed by atoms with Crippen LogP contribution in [-0.4, -0.2) is 20.3 Å². The molecule has 3 N–H and O–H groups in total. The van der Waals surface area contributed by atoms with Gasteiger partial charge in [-0.05, 0) is 127 Å². The van der Waals surface area contributed by atoms with Crippen molar-refractivity contribution in [1.82, 2.24) is 14.5 Å². The number of hydrogen-bond acceptors (Lipinski definition) is 7. The fourth-order valence-corrected chi connectivity index (χ4v) is 7.41. The minimum atomic E-state index is -0.991. The number of nitrogens with zero attached hydrogens (tertiary/aromatic N) is 2. The molecule has 18 heteroatoms. The third kappa shape index (κ3) is 12.9. The normalized spacial score (nSPS) is 10.3. The molecule has 1 amide bonds. The predicted octanol–water partition coefficient (Wildman–Crippen LogP) is 8.87. The van der Waals surface area contributed by atoms with Crippen molar-refractivity contribution in [2.75, 3.05) is 0 Å². The summed E-state index contributed by atoms with van der Waals surface area (Å²) >= 11 is 15.1. The number of halogens is 8. The summed E-state index contributed by atoms with van der Waals surface area (Å²) in [6.07, 6.45) is 2.93. The van der Waals surface area contributed by atoms with E-state index in [1.807, 2.05) is 24.3 Å². The fraction of sp³-hybridized carbons (Fsp3) is 0.111. The maximum Gasteiger partial charge on any atom is 0.263 e. The second-order valence-electron chi connectivity index (χ2n) is 10.8. The lowest BCUT2D eigenvalue weighted by Crippen LogP contribution is -2.32. The lowest BCUT2D eigenvalue weighted by molar-refractivity contribution is 0.0948. The van der Waals surface area contributed by atoms with Crippen LogP contribution in [0.1, 0.15) is 41.6 Å². The Kier molecular flexibility index (Phi) is 17.5. The van der Waals surface area contributed by atoms with Crippen LogP contribution >= 0.6 is 78.5 Å². The second kappa shape index (κ2) is 21.3. The van der Waals surface area contributed by atoms with Gasteiger partial charge in [-0.2, -0.15) is 0 Å². The highest BCUT2D eigenvalue weighted by Crippen LogP contribution is 2.22. The zero-order valence-corrected chi connectivity index (χ0v) is 33.9. The van der Waals surface area contributed by atoms with Gasteiger partial charge in [0.2, 0.25) is 0 Å². The van der Waals surface area contributed by atoms with Gasteiger partial charge in [0.15, 0.2) is 23.3 Å². The Balaban J connectivity index is 0.000000244. The SMILES string of the molecule is Cl.NCc1ccc(Br)s1.O=C(Cl)c1cccn(Cc2ccc(F)c(F)c2)c1=O.O=C(NCc1ccc(Br)s1)c1cccn(Cc2ccc(F)c(F)c2)c1=O. The summed E-state index contributed by atoms with van der Waals surface area (Å²) in [5, 5.41) is 1.85. The summed E-state index contributed by atoms with van der Waals surface area (Å²) in [4.78, 5) is 49.9. The number of benzene rings is 2. The molecule has 0 fully saturated rings. The van der Waals surface area contributed by atoms with Crippen LogP contribution in [0.3, 0.4) is 0 Å². The number of carbonyl (C=O) groups is 2. The van der Waals surface area contributed by atoms with Gasteiger partial charge in [-0.3, -0.25) is 19.2 Å². The highest BCUT2D eigenvalue weighted by atomic mass is 79.9. The number of thiophene rings is 2. The average molecular weight is 951 g/mol. The van der Waals surface area contributed by atoms with Crippen molar-refractivity contribution < 1.29 is 27.2 Å². The molecule has 54 heavy (non-hydrogen) atoms. The van der Waals surface area contributed by atoms with Gasteiger partial charge in [-0.15, -0.1) is 35.1 Å². The Morgan fingerprint density at radius 1 is 0.685 bits per heavy atom. The fourth-order valence-electron chi connectivity index (χ4n) is 4.49. The van der Waals surface area contributed by atoms with Gasteiger partial charge in [0, 0.05) is 28.7 Å². The number of amides is 1. The van der Waals surface area contributed by atoms with Crippen LogP contribution in [-0.2, 0) is 26.2 Å². The third-order valence-corrected chi connectivity index (χ3v) is 10.5. The predicted molar refractivity (Wildman–Crippen MR) is 213 cm³/mol. The summed E-state index contributed by atoms with van der Waals surface area (Å²) in [5.41, 5.74) is 4.94. The molecule has 4 aromatic heterocycles.